The largest absolute Gasteiger partial charge is 0.398 e. The first-order valence-corrected chi connectivity index (χ1v) is 22.9. The zero-order chi connectivity index (χ0) is 47.6. The summed E-state index contributed by atoms with van der Waals surface area (Å²) < 4.78 is 6.73. The molecular formula is C50H54Br2ClN5O7. The van der Waals surface area contributed by atoms with Gasteiger partial charge in [0, 0.05) is 63.2 Å². The lowest BCUT2D eigenvalue weighted by atomic mass is 10.0. The molecule has 342 valence electrons. The summed E-state index contributed by atoms with van der Waals surface area (Å²) in [5, 5.41) is 24.7. The van der Waals surface area contributed by atoms with Gasteiger partial charge in [-0.1, -0.05) is 150 Å². The number of amides is 1. The summed E-state index contributed by atoms with van der Waals surface area (Å²) in [6.07, 6.45) is 3.04. The number of benzene rings is 6. The molecule has 6 aromatic carbocycles. The number of carbonyl (C=O) groups excluding carboxylic acids is 2. The molecule has 1 heterocycles. The first-order valence-electron chi connectivity index (χ1n) is 21.0. The smallest absolute Gasteiger partial charge is 0.277 e. The van der Waals surface area contributed by atoms with E-state index in [4.69, 9.17) is 22.1 Å². The third kappa shape index (κ3) is 18.7. The van der Waals surface area contributed by atoms with Gasteiger partial charge < -0.3 is 20.7 Å². The number of nitrogen functional groups attached to an aromatic ring is 1. The fraction of sp³-hybridized carbons (Fsp3) is 0.240. The van der Waals surface area contributed by atoms with Gasteiger partial charge in [-0.05, 0) is 91.6 Å². The van der Waals surface area contributed by atoms with Crippen LogP contribution in [-0.4, -0.2) is 58.7 Å². The van der Waals surface area contributed by atoms with Crippen LogP contribution >= 0.6 is 43.5 Å². The topological polar surface area (TPSA) is 171 Å². The molecule has 0 atom stereocenters. The number of nitrogens with zero attached hydrogens (tertiary/aromatic N) is 3. The fourth-order valence-corrected chi connectivity index (χ4v) is 7.27. The second-order valence-corrected chi connectivity index (χ2v) is 16.2. The first kappa shape index (κ1) is 53.6. The molecule has 1 aliphatic rings. The van der Waals surface area contributed by atoms with E-state index >= 15 is 0 Å². The fourth-order valence-electron chi connectivity index (χ4n) is 6.27. The maximum absolute atomic E-state index is 12.5. The Morgan fingerprint density at radius 3 is 1.43 bits per heavy atom. The second kappa shape index (κ2) is 29.6. The van der Waals surface area contributed by atoms with Crippen LogP contribution in [0, 0.1) is 20.2 Å². The highest BCUT2D eigenvalue weighted by molar-refractivity contribution is 9.10. The van der Waals surface area contributed by atoms with Gasteiger partial charge in [0.1, 0.15) is 0 Å². The molecule has 0 radical (unpaired) electrons. The van der Waals surface area contributed by atoms with E-state index in [-0.39, 0.29) is 35.4 Å². The van der Waals surface area contributed by atoms with Gasteiger partial charge in [-0.15, -0.1) is 0 Å². The maximum Gasteiger partial charge on any atom is 0.277 e. The quantitative estimate of drug-likeness (QED) is 0.0524. The lowest BCUT2D eigenvalue weighted by molar-refractivity contribution is -0.384. The highest BCUT2D eigenvalue weighted by atomic mass is 79.9. The summed E-state index contributed by atoms with van der Waals surface area (Å²) >= 11 is 12.0. The number of nitro groups is 2. The first-order chi connectivity index (χ1) is 31.3. The van der Waals surface area contributed by atoms with Crippen LogP contribution in [0.3, 0.4) is 0 Å². The Bertz CT molecular complexity index is 2430. The number of rotatable bonds is 12. The number of hydrogen-bond acceptors (Lipinski definition) is 9. The predicted molar refractivity (Wildman–Crippen MR) is 270 cm³/mol. The second-order valence-electron chi connectivity index (χ2n) is 14.1. The van der Waals surface area contributed by atoms with Gasteiger partial charge in [0.25, 0.3) is 11.4 Å². The highest BCUT2D eigenvalue weighted by Crippen LogP contribution is 2.35. The third-order valence-corrected chi connectivity index (χ3v) is 11.4. The Hall–Kier alpha value is -5.77. The molecule has 65 heavy (non-hydrogen) atoms. The predicted octanol–water partition coefficient (Wildman–Crippen LogP) is 13.0. The zero-order valence-electron chi connectivity index (χ0n) is 36.6. The van der Waals surface area contributed by atoms with Gasteiger partial charge in [0.2, 0.25) is 11.1 Å². The average molecular weight is 1030 g/mol. The minimum atomic E-state index is -0.422. The van der Waals surface area contributed by atoms with Gasteiger partial charge >= 0.3 is 0 Å². The van der Waals surface area contributed by atoms with Gasteiger partial charge in [0.15, 0.2) is 0 Å². The van der Waals surface area contributed by atoms with Crippen molar-refractivity contribution >= 4 is 77.4 Å². The average Bonchev–Trinajstić information content (AvgIpc) is 3.91. The summed E-state index contributed by atoms with van der Waals surface area (Å²) in [7, 11) is 0. The van der Waals surface area contributed by atoms with Crippen LogP contribution < -0.4 is 11.1 Å². The molecule has 1 amide bonds. The summed E-state index contributed by atoms with van der Waals surface area (Å²) in [6, 6.07) is 42.3. The maximum atomic E-state index is 12.5. The van der Waals surface area contributed by atoms with Crippen LogP contribution in [0.15, 0.2) is 155 Å². The number of nitrogens with two attached hydrogens (primary N) is 1. The van der Waals surface area contributed by atoms with E-state index in [2.05, 4.69) is 62.8 Å². The molecule has 1 aliphatic heterocycles. The van der Waals surface area contributed by atoms with E-state index < -0.39 is 9.85 Å². The van der Waals surface area contributed by atoms with Crippen molar-refractivity contribution in [2.45, 2.75) is 46.5 Å². The molecule has 7 rings (SSSR count). The Kier molecular flexibility index (Phi) is 24.4. The lowest BCUT2D eigenvalue weighted by Crippen LogP contribution is -2.21. The summed E-state index contributed by atoms with van der Waals surface area (Å²) in [5.74, 6) is -0.192. The van der Waals surface area contributed by atoms with Gasteiger partial charge in [-0.2, -0.15) is 0 Å². The molecule has 6 aromatic rings. The Labute approximate surface area is 402 Å². The molecule has 15 heteroatoms. The van der Waals surface area contributed by atoms with E-state index in [0.717, 1.165) is 33.3 Å². The standard InChI is InChI=1S/C20H15BrN2O3.C12H10N2O2.C8H6BrClO.C6H15N.C4H8O/c21-17-10-4-1-7-14(17)13-20(24)22-18-11-5-2-8-15(18)16-9-3-6-12-19(16)23(25)26;13-11-7-3-1-5-9(11)10-6-2-4-8-12(10)14(15)16;9-7-4-2-1-3-6(7)5-8(10)11;1-4-7(5-2)6-3;1-2-4-5-3-1/h1-12H,13H2,(H,22,24);1-8H,13H2;1-4H,5H2;4-6H2,1-3H3;1-4H2. The Balaban J connectivity index is 0.000000244. The van der Waals surface area contributed by atoms with Crippen LogP contribution in [0.4, 0.5) is 22.7 Å². The number of anilines is 2. The number of nitrogens with one attached hydrogen (secondary N) is 1. The van der Waals surface area contributed by atoms with E-state index in [9.17, 15) is 29.8 Å². The number of carbonyl (C=O) groups is 2. The van der Waals surface area contributed by atoms with Gasteiger partial charge in [-0.25, -0.2) is 0 Å². The lowest BCUT2D eigenvalue weighted by Gasteiger charge is -2.13. The zero-order valence-corrected chi connectivity index (χ0v) is 40.6. The van der Waals surface area contributed by atoms with Crippen molar-refractivity contribution in [3.05, 3.63) is 186 Å². The van der Waals surface area contributed by atoms with Crippen molar-refractivity contribution in [2.24, 2.45) is 0 Å². The van der Waals surface area contributed by atoms with Crippen LogP contribution in [0.2, 0.25) is 0 Å². The van der Waals surface area contributed by atoms with Crippen molar-refractivity contribution in [3.8, 4) is 22.3 Å². The Morgan fingerprint density at radius 2 is 1.02 bits per heavy atom. The van der Waals surface area contributed by atoms with E-state index in [1.54, 1.807) is 78.9 Å². The number of ether oxygens (including phenoxy) is 1. The van der Waals surface area contributed by atoms with Crippen molar-refractivity contribution < 1.29 is 24.2 Å². The molecule has 0 spiro atoms. The van der Waals surface area contributed by atoms with E-state index in [1.165, 1.54) is 44.6 Å². The minimum absolute atomic E-state index is 0.00000259. The normalized spacial score (nSPS) is 11.2. The number of halogens is 3. The molecule has 0 aromatic heterocycles. The number of hydrogen-bond donors (Lipinski definition) is 2. The van der Waals surface area contributed by atoms with Gasteiger partial charge in [-0.3, -0.25) is 29.8 Å². The molecule has 1 fully saturated rings. The SMILES string of the molecule is C1CCOC1.CCN(CC)CC.Nc1ccccc1-c1ccccc1[N+](=O)[O-].O=C(Cc1ccccc1Br)Nc1ccccc1-c1ccccc1[N+](=O)[O-].O=C(Cl)Cc1ccccc1Br. The van der Waals surface area contributed by atoms with Crippen LogP contribution in [0.1, 0.15) is 44.7 Å². The minimum Gasteiger partial charge on any atom is -0.398 e. The summed E-state index contributed by atoms with van der Waals surface area (Å²) in [5.41, 5.74) is 11.1. The highest BCUT2D eigenvalue weighted by Gasteiger charge is 2.18. The molecule has 0 saturated carbocycles. The molecular weight excluding hydrogens is 978 g/mol. The molecule has 0 bridgehead atoms. The summed E-state index contributed by atoms with van der Waals surface area (Å²) in [6.45, 7) is 12.1. The van der Waals surface area contributed by atoms with Crippen LogP contribution in [0.5, 0.6) is 0 Å². The van der Waals surface area contributed by atoms with Crippen LogP contribution in [0.25, 0.3) is 22.3 Å². The van der Waals surface area contributed by atoms with Crippen LogP contribution in [-0.2, 0) is 27.2 Å². The monoisotopic (exact) mass is 1030 g/mol. The molecule has 0 unspecified atom stereocenters. The molecule has 3 N–H and O–H groups in total. The number of nitro benzene ring substituents is 2. The van der Waals surface area contributed by atoms with Crippen molar-refractivity contribution in [3.63, 3.8) is 0 Å². The molecule has 12 nitrogen and oxygen atoms in total. The Morgan fingerprint density at radius 1 is 0.615 bits per heavy atom. The van der Waals surface area contributed by atoms with Gasteiger partial charge in [0.05, 0.1) is 27.4 Å². The number of para-hydroxylation sites is 4. The van der Waals surface area contributed by atoms with E-state index in [1.807, 2.05) is 54.6 Å². The molecule has 0 aliphatic carbocycles. The van der Waals surface area contributed by atoms with Crippen molar-refractivity contribution in [2.75, 3.05) is 43.9 Å². The molecule has 1 saturated heterocycles. The van der Waals surface area contributed by atoms with Crippen molar-refractivity contribution in [1.29, 1.82) is 0 Å². The van der Waals surface area contributed by atoms with E-state index in [0.29, 0.717) is 33.6 Å². The third-order valence-electron chi connectivity index (χ3n) is 9.71. The van der Waals surface area contributed by atoms with Crippen molar-refractivity contribution in [1.82, 2.24) is 4.90 Å². The summed E-state index contributed by atoms with van der Waals surface area (Å²) in [4.78, 5) is 46.7.